The molecule has 0 saturated carbocycles. The van der Waals surface area contributed by atoms with Gasteiger partial charge in [-0.3, -0.25) is 4.90 Å². The molecule has 0 radical (unpaired) electrons. The highest BCUT2D eigenvalue weighted by Gasteiger charge is 2.44. The molecule has 1 aromatic rings. The van der Waals surface area contributed by atoms with E-state index in [1.54, 1.807) is 0 Å². The van der Waals surface area contributed by atoms with Crippen LogP contribution in [0.15, 0.2) is 30.3 Å². The van der Waals surface area contributed by atoms with E-state index < -0.39 is 0 Å². The van der Waals surface area contributed by atoms with Gasteiger partial charge in [0, 0.05) is 19.7 Å². The van der Waals surface area contributed by atoms with Crippen LogP contribution in [0.2, 0.25) is 0 Å². The maximum Gasteiger partial charge on any atom is 0.0743 e. The van der Waals surface area contributed by atoms with E-state index in [4.69, 9.17) is 10.5 Å². The molecule has 0 aromatic heterocycles. The van der Waals surface area contributed by atoms with E-state index in [-0.39, 0.29) is 11.6 Å². The summed E-state index contributed by atoms with van der Waals surface area (Å²) in [7, 11) is 0. The third kappa shape index (κ3) is 2.44. The van der Waals surface area contributed by atoms with Crippen molar-refractivity contribution in [2.75, 3.05) is 19.7 Å². The smallest absolute Gasteiger partial charge is 0.0743 e. The lowest BCUT2D eigenvalue weighted by Crippen LogP contribution is -2.57. The van der Waals surface area contributed by atoms with Gasteiger partial charge in [-0.15, -0.1) is 0 Å². The first-order valence-electron chi connectivity index (χ1n) is 6.83. The zero-order valence-electron chi connectivity index (χ0n) is 11.4. The summed E-state index contributed by atoms with van der Waals surface area (Å²) in [5, 5.41) is 0. The van der Waals surface area contributed by atoms with Gasteiger partial charge in [0.1, 0.15) is 0 Å². The molecule has 0 aliphatic carbocycles. The number of likely N-dealkylation sites (N-methyl/N-ethyl adjacent to an activating group) is 1. The first-order chi connectivity index (χ1) is 8.73. The second-order valence-electron chi connectivity index (χ2n) is 5.07. The standard InChI is InChI=1S/C15H24N2O/c1-3-17(11-14-7-5-4-6-8-14)15(12-16)9-10-18-13(15)2/h4-8,13H,3,9-12,16H2,1-2H3. The molecule has 0 bridgehead atoms. The molecule has 1 heterocycles. The molecule has 2 unspecified atom stereocenters. The average molecular weight is 248 g/mol. The third-order valence-electron chi connectivity index (χ3n) is 4.24. The Morgan fingerprint density at radius 1 is 1.39 bits per heavy atom. The quantitative estimate of drug-likeness (QED) is 0.866. The summed E-state index contributed by atoms with van der Waals surface area (Å²) in [4.78, 5) is 2.47. The maximum atomic E-state index is 6.07. The van der Waals surface area contributed by atoms with Gasteiger partial charge in [-0.25, -0.2) is 0 Å². The summed E-state index contributed by atoms with van der Waals surface area (Å²) in [6.45, 7) is 7.78. The first kappa shape index (κ1) is 13.5. The van der Waals surface area contributed by atoms with E-state index >= 15 is 0 Å². The Morgan fingerprint density at radius 2 is 2.11 bits per heavy atom. The highest BCUT2D eigenvalue weighted by atomic mass is 16.5. The topological polar surface area (TPSA) is 38.5 Å². The Labute approximate surface area is 110 Å². The zero-order valence-corrected chi connectivity index (χ0v) is 11.4. The third-order valence-corrected chi connectivity index (χ3v) is 4.24. The van der Waals surface area contributed by atoms with Gasteiger partial charge >= 0.3 is 0 Å². The van der Waals surface area contributed by atoms with Crippen LogP contribution in [-0.4, -0.2) is 36.2 Å². The Morgan fingerprint density at radius 3 is 2.61 bits per heavy atom. The van der Waals surface area contributed by atoms with Gasteiger partial charge in [-0.05, 0) is 25.5 Å². The minimum absolute atomic E-state index is 0.00455. The molecule has 2 rings (SSSR count). The normalized spacial score (nSPS) is 27.9. The van der Waals surface area contributed by atoms with Crippen LogP contribution in [0.1, 0.15) is 25.8 Å². The van der Waals surface area contributed by atoms with E-state index in [0.29, 0.717) is 6.54 Å². The molecule has 3 nitrogen and oxygen atoms in total. The molecule has 1 fully saturated rings. The van der Waals surface area contributed by atoms with E-state index in [9.17, 15) is 0 Å². The number of nitrogens with zero attached hydrogens (tertiary/aromatic N) is 1. The van der Waals surface area contributed by atoms with Gasteiger partial charge < -0.3 is 10.5 Å². The van der Waals surface area contributed by atoms with Crippen molar-refractivity contribution in [3.63, 3.8) is 0 Å². The lowest BCUT2D eigenvalue weighted by atomic mass is 9.89. The Bertz CT molecular complexity index is 368. The van der Waals surface area contributed by atoms with Crippen LogP contribution < -0.4 is 5.73 Å². The molecule has 2 atom stereocenters. The van der Waals surface area contributed by atoms with E-state index in [2.05, 4.69) is 49.1 Å². The number of hydrogen-bond acceptors (Lipinski definition) is 3. The van der Waals surface area contributed by atoms with Crippen LogP contribution in [-0.2, 0) is 11.3 Å². The lowest BCUT2D eigenvalue weighted by molar-refractivity contribution is 0.0124. The summed E-state index contributed by atoms with van der Waals surface area (Å²) < 4.78 is 5.76. The van der Waals surface area contributed by atoms with Crippen molar-refractivity contribution in [1.82, 2.24) is 4.90 Å². The molecule has 1 aliphatic rings. The highest BCUT2D eigenvalue weighted by Crippen LogP contribution is 2.32. The SMILES string of the molecule is CCN(Cc1ccccc1)C1(CN)CCOC1C. The molecule has 1 aliphatic heterocycles. The van der Waals surface area contributed by atoms with Crippen molar-refractivity contribution in [3.8, 4) is 0 Å². The monoisotopic (exact) mass is 248 g/mol. The van der Waals surface area contributed by atoms with Gasteiger partial charge in [0.2, 0.25) is 0 Å². The van der Waals surface area contributed by atoms with Crippen molar-refractivity contribution in [2.24, 2.45) is 5.73 Å². The molecule has 0 spiro atoms. The highest BCUT2D eigenvalue weighted by molar-refractivity contribution is 5.15. The molecule has 3 heteroatoms. The Balaban J connectivity index is 2.17. The van der Waals surface area contributed by atoms with Crippen LogP contribution >= 0.6 is 0 Å². The molecule has 1 saturated heterocycles. The Kier molecular flexibility index (Phi) is 4.38. The maximum absolute atomic E-state index is 6.07. The summed E-state index contributed by atoms with van der Waals surface area (Å²) in [5.41, 5.74) is 7.41. The van der Waals surface area contributed by atoms with E-state index in [0.717, 1.165) is 26.1 Å². The molecule has 2 N–H and O–H groups in total. The molecular weight excluding hydrogens is 224 g/mol. The van der Waals surface area contributed by atoms with Gasteiger partial charge in [-0.2, -0.15) is 0 Å². The van der Waals surface area contributed by atoms with Crippen molar-refractivity contribution < 1.29 is 4.74 Å². The van der Waals surface area contributed by atoms with Gasteiger partial charge in [0.05, 0.1) is 11.6 Å². The summed E-state index contributed by atoms with van der Waals surface area (Å²) in [6, 6.07) is 10.6. The van der Waals surface area contributed by atoms with E-state index in [1.807, 2.05) is 0 Å². The minimum atomic E-state index is 0.00455. The van der Waals surface area contributed by atoms with Crippen LogP contribution in [0.3, 0.4) is 0 Å². The summed E-state index contributed by atoms with van der Waals surface area (Å²) >= 11 is 0. The zero-order chi connectivity index (χ0) is 13.0. The molecule has 1 aromatic carbocycles. The predicted octanol–water partition coefficient (Wildman–Crippen LogP) is 2.01. The van der Waals surface area contributed by atoms with Crippen molar-refractivity contribution >= 4 is 0 Å². The van der Waals surface area contributed by atoms with Gasteiger partial charge in [0.25, 0.3) is 0 Å². The first-order valence-corrected chi connectivity index (χ1v) is 6.83. The second kappa shape index (κ2) is 5.83. The largest absolute Gasteiger partial charge is 0.376 e. The van der Waals surface area contributed by atoms with Crippen LogP contribution in [0.4, 0.5) is 0 Å². The number of hydrogen-bond donors (Lipinski definition) is 1. The van der Waals surface area contributed by atoms with Crippen molar-refractivity contribution in [1.29, 1.82) is 0 Å². The fourth-order valence-electron chi connectivity index (χ4n) is 2.97. The fourth-order valence-corrected chi connectivity index (χ4v) is 2.97. The van der Waals surface area contributed by atoms with E-state index in [1.165, 1.54) is 5.56 Å². The molecule has 100 valence electrons. The van der Waals surface area contributed by atoms with Gasteiger partial charge in [0.15, 0.2) is 0 Å². The molecule has 18 heavy (non-hydrogen) atoms. The van der Waals surface area contributed by atoms with Crippen LogP contribution in [0.25, 0.3) is 0 Å². The minimum Gasteiger partial charge on any atom is -0.376 e. The fraction of sp³-hybridized carbons (Fsp3) is 0.600. The van der Waals surface area contributed by atoms with Crippen LogP contribution in [0, 0.1) is 0 Å². The molecular formula is C15H24N2O. The number of nitrogens with two attached hydrogens (primary N) is 1. The van der Waals surface area contributed by atoms with Gasteiger partial charge in [-0.1, -0.05) is 37.3 Å². The van der Waals surface area contributed by atoms with Crippen molar-refractivity contribution in [2.45, 2.75) is 38.5 Å². The predicted molar refractivity (Wildman–Crippen MR) is 74.3 cm³/mol. The second-order valence-corrected chi connectivity index (χ2v) is 5.07. The summed E-state index contributed by atoms with van der Waals surface area (Å²) in [6.07, 6.45) is 1.25. The Hall–Kier alpha value is -0.900. The average Bonchev–Trinajstić information content (AvgIpc) is 2.79. The number of rotatable bonds is 5. The number of benzene rings is 1. The van der Waals surface area contributed by atoms with Crippen LogP contribution in [0.5, 0.6) is 0 Å². The molecule has 0 amide bonds. The number of ether oxygens (including phenoxy) is 1. The van der Waals surface area contributed by atoms with Crippen molar-refractivity contribution in [3.05, 3.63) is 35.9 Å². The lowest BCUT2D eigenvalue weighted by Gasteiger charge is -2.42. The summed E-state index contributed by atoms with van der Waals surface area (Å²) in [5.74, 6) is 0.